The molecule has 0 fully saturated rings. The quantitative estimate of drug-likeness (QED) is 0.645. The number of phenols is 1. The van der Waals surface area contributed by atoms with Gasteiger partial charge in [0.1, 0.15) is 17.1 Å². The van der Waals surface area contributed by atoms with E-state index < -0.39 is 12.3 Å². The Morgan fingerprint density at radius 3 is 2.56 bits per heavy atom. The molecule has 18 heavy (non-hydrogen) atoms. The fourth-order valence-electron chi connectivity index (χ4n) is 2.08. The highest BCUT2D eigenvalue weighted by Crippen LogP contribution is 2.45. The van der Waals surface area contributed by atoms with Crippen molar-refractivity contribution in [1.82, 2.24) is 0 Å². The molecule has 1 N–H and O–H groups in total. The molecule has 0 aliphatic carbocycles. The zero-order chi connectivity index (χ0) is 13.4. The maximum absolute atomic E-state index is 11.8. The molecule has 1 atom stereocenters. The number of aldehydes is 1. The molecule has 0 saturated heterocycles. The highest BCUT2D eigenvalue weighted by atomic mass is 16.7. The van der Waals surface area contributed by atoms with Gasteiger partial charge < -0.3 is 19.3 Å². The molecule has 2 rings (SSSR count). The molecular formula is C12H12O6. The third kappa shape index (κ3) is 1.46. The number of carbonyl (C=O) groups excluding carboxylic acids is 2. The monoisotopic (exact) mass is 252 g/mol. The zero-order valence-electron chi connectivity index (χ0n) is 10.1. The molecule has 0 bridgehead atoms. The van der Waals surface area contributed by atoms with Crippen LogP contribution in [0.25, 0.3) is 0 Å². The first-order valence-corrected chi connectivity index (χ1v) is 5.19. The number of cyclic esters (lactones) is 1. The minimum Gasteiger partial charge on any atom is -0.507 e. The molecule has 1 aromatic rings. The van der Waals surface area contributed by atoms with Crippen molar-refractivity contribution >= 4 is 12.3 Å². The van der Waals surface area contributed by atoms with Gasteiger partial charge in [-0.3, -0.25) is 4.79 Å². The normalized spacial score (nSPS) is 17.3. The van der Waals surface area contributed by atoms with Gasteiger partial charge in [-0.2, -0.15) is 0 Å². The molecule has 1 heterocycles. The van der Waals surface area contributed by atoms with E-state index >= 15 is 0 Å². The standard InChI is InChI=1S/C12H12O6/c1-5-9(14)6(4-13)7-8(10(5)16-2)11(15)18-12(7)17-3/h4,12,14H,1-3H3. The average Bonchev–Trinajstić information content (AvgIpc) is 2.69. The van der Waals surface area contributed by atoms with Crippen LogP contribution in [0, 0.1) is 6.92 Å². The number of carbonyl (C=O) groups is 2. The molecule has 6 heteroatoms. The number of aromatic hydroxyl groups is 1. The molecule has 0 radical (unpaired) electrons. The van der Waals surface area contributed by atoms with E-state index in [4.69, 9.17) is 14.2 Å². The summed E-state index contributed by atoms with van der Waals surface area (Å²) in [6.07, 6.45) is -0.540. The second kappa shape index (κ2) is 4.30. The van der Waals surface area contributed by atoms with Crippen LogP contribution in [0.4, 0.5) is 0 Å². The maximum Gasteiger partial charge on any atom is 0.345 e. The minimum absolute atomic E-state index is 0.0130. The summed E-state index contributed by atoms with van der Waals surface area (Å²) in [5, 5.41) is 9.94. The molecule has 0 amide bonds. The van der Waals surface area contributed by atoms with Crippen molar-refractivity contribution in [1.29, 1.82) is 0 Å². The number of benzene rings is 1. The number of hydrogen-bond donors (Lipinski definition) is 1. The van der Waals surface area contributed by atoms with Gasteiger partial charge in [-0.25, -0.2) is 4.79 Å². The average molecular weight is 252 g/mol. The molecule has 1 aromatic carbocycles. The lowest BCUT2D eigenvalue weighted by atomic mass is 9.97. The van der Waals surface area contributed by atoms with Crippen molar-refractivity contribution in [2.75, 3.05) is 14.2 Å². The van der Waals surface area contributed by atoms with Crippen molar-refractivity contribution in [3.05, 3.63) is 22.3 Å². The largest absolute Gasteiger partial charge is 0.507 e. The van der Waals surface area contributed by atoms with Crippen LogP contribution in [0.5, 0.6) is 11.5 Å². The first-order valence-electron chi connectivity index (χ1n) is 5.19. The number of methoxy groups -OCH3 is 2. The Morgan fingerprint density at radius 1 is 1.39 bits per heavy atom. The van der Waals surface area contributed by atoms with Crippen LogP contribution in [0.15, 0.2) is 0 Å². The SMILES string of the molecule is COc1c(C)c(O)c(C=O)c2c1C(=O)OC2OC. The van der Waals surface area contributed by atoms with Gasteiger partial charge in [0.2, 0.25) is 6.29 Å². The minimum atomic E-state index is -1.01. The van der Waals surface area contributed by atoms with E-state index in [2.05, 4.69) is 0 Å². The number of hydrogen-bond acceptors (Lipinski definition) is 6. The van der Waals surface area contributed by atoms with E-state index in [-0.39, 0.29) is 28.2 Å². The lowest BCUT2D eigenvalue weighted by Gasteiger charge is -2.14. The van der Waals surface area contributed by atoms with Crippen molar-refractivity contribution in [2.45, 2.75) is 13.2 Å². The second-order valence-corrected chi connectivity index (χ2v) is 3.80. The van der Waals surface area contributed by atoms with Crippen molar-refractivity contribution in [3.63, 3.8) is 0 Å². The van der Waals surface area contributed by atoms with Crippen LogP contribution in [-0.2, 0) is 9.47 Å². The van der Waals surface area contributed by atoms with Crippen LogP contribution >= 0.6 is 0 Å². The van der Waals surface area contributed by atoms with Gasteiger partial charge in [0.15, 0.2) is 6.29 Å². The predicted molar refractivity (Wildman–Crippen MR) is 59.9 cm³/mol. The lowest BCUT2D eigenvalue weighted by Crippen LogP contribution is -2.05. The molecule has 96 valence electrons. The molecule has 1 unspecified atom stereocenters. The highest BCUT2D eigenvalue weighted by Gasteiger charge is 2.39. The molecular weight excluding hydrogens is 240 g/mol. The van der Waals surface area contributed by atoms with Gasteiger partial charge in [-0.1, -0.05) is 0 Å². The summed E-state index contributed by atoms with van der Waals surface area (Å²) in [5.41, 5.74) is 0.632. The summed E-state index contributed by atoms with van der Waals surface area (Å²) in [5.74, 6) is -0.682. The number of fused-ring (bicyclic) bond motifs is 1. The fraction of sp³-hybridized carbons (Fsp3) is 0.333. The van der Waals surface area contributed by atoms with Crippen LogP contribution < -0.4 is 4.74 Å². The Hall–Kier alpha value is -2.08. The Balaban J connectivity index is 2.86. The van der Waals surface area contributed by atoms with Gasteiger partial charge in [0.25, 0.3) is 0 Å². The molecule has 0 spiro atoms. The van der Waals surface area contributed by atoms with Crippen molar-refractivity contribution < 1.29 is 28.9 Å². The Kier molecular flexibility index (Phi) is 2.96. The molecule has 6 nitrogen and oxygen atoms in total. The van der Waals surface area contributed by atoms with Crippen LogP contribution in [0.3, 0.4) is 0 Å². The predicted octanol–water partition coefficient (Wildman–Crippen LogP) is 1.34. The van der Waals surface area contributed by atoms with E-state index in [0.29, 0.717) is 11.8 Å². The molecule has 0 aromatic heterocycles. The fourth-order valence-corrected chi connectivity index (χ4v) is 2.08. The summed E-state index contributed by atoms with van der Waals surface area (Å²) < 4.78 is 15.0. The summed E-state index contributed by atoms with van der Waals surface area (Å²) in [6, 6.07) is 0. The highest BCUT2D eigenvalue weighted by molar-refractivity contribution is 6.02. The molecule has 0 saturated carbocycles. The Morgan fingerprint density at radius 2 is 2.06 bits per heavy atom. The van der Waals surface area contributed by atoms with Gasteiger partial charge in [-0.15, -0.1) is 0 Å². The van der Waals surface area contributed by atoms with E-state index in [1.54, 1.807) is 6.92 Å². The second-order valence-electron chi connectivity index (χ2n) is 3.80. The first kappa shape index (κ1) is 12.4. The summed E-state index contributed by atoms with van der Waals surface area (Å²) in [6.45, 7) is 1.55. The molecule has 1 aliphatic heterocycles. The number of phenolic OH excluding ortho intramolecular Hbond substituents is 1. The van der Waals surface area contributed by atoms with E-state index in [1.807, 2.05) is 0 Å². The van der Waals surface area contributed by atoms with Crippen molar-refractivity contribution in [2.24, 2.45) is 0 Å². The maximum atomic E-state index is 11.8. The van der Waals surface area contributed by atoms with Gasteiger partial charge in [0, 0.05) is 12.7 Å². The Labute approximate surface area is 103 Å². The number of esters is 1. The molecule has 1 aliphatic rings. The Bertz CT molecular complexity index is 534. The number of rotatable bonds is 3. The van der Waals surface area contributed by atoms with Gasteiger partial charge >= 0.3 is 5.97 Å². The van der Waals surface area contributed by atoms with Crippen LogP contribution in [0.1, 0.15) is 38.1 Å². The summed E-state index contributed by atoms with van der Waals surface area (Å²) in [7, 11) is 2.71. The van der Waals surface area contributed by atoms with E-state index in [9.17, 15) is 14.7 Å². The summed E-state index contributed by atoms with van der Waals surface area (Å²) in [4.78, 5) is 22.9. The van der Waals surface area contributed by atoms with Gasteiger partial charge in [0.05, 0.1) is 18.2 Å². The summed E-state index contributed by atoms with van der Waals surface area (Å²) >= 11 is 0. The smallest absolute Gasteiger partial charge is 0.345 e. The van der Waals surface area contributed by atoms with Gasteiger partial charge in [-0.05, 0) is 6.92 Å². The first-order chi connectivity index (χ1) is 8.56. The number of ether oxygens (including phenoxy) is 3. The topological polar surface area (TPSA) is 82.1 Å². The van der Waals surface area contributed by atoms with Crippen molar-refractivity contribution in [3.8, 4) is 11.5 Å². The van der Waals surface area contributed by atoms with Crippen LogP contribution in [0.2, 0.25) is 0 Å². The third-order valence-corrected chi connectivity index (χ3v) is 2.93. The van der Waals surface area contributed by atoms with Crippen LogP contribution in [-0.4, -0.2) is 31.6 Å². The third-order valence-electron chi connectivity index (χ3n) is 2.93. The zero-order valence-corrected chi connectivity index (χ0v) is 10.1. The van der Waals surface area contributed by atoms with E-state index in [0.717, 1.165) is 0 Å². The lowest BCUT2D eigenvalue weighted by molar-refractivity contribution is -0.0818. The van der Waals surface area contributed by atoms with E-state index in [1.165, 1.54) is 14.2 Å².